The number of hydrogen-bond acceptors (Lipinski definition) is 3. The molecule has 0 aromatic carbocycles. The first kappa shape index (κ1) is 10.8. The van der Waals surface area contributed by atoms with E-state index in [9.17, 15) is 4.79 Å². The second-order valence-electron chi connectivity index (χ2n) is 4.41. The van der Waals surface area contributed by atoms with Gasteiger partial charge in [-0.05, 0) is 12.8 Å². The van der Waals surface area contributed by atoms with Gasteiger partial charge in [0, 0.05) is 18.2 Å². The summed E-state index contributed by atoms with van der Waals surface area (Å²) in [6.07, 6.45) is 3.36. The van der Waals surface area contributed by atoms with E-state index in [1.165, 1.54) is 0 Å². The zero-order valence-corrected chi connectivity index (χ0v) is 9.74. The highest BCUT2D eigenvalue weighted by molar-refractivity contribution is 5.96. The summed E-state index contributed by atoms with van der Waals surface area (Å²) in [6.45, 7) is 6.18. The first-order valence-electron chi connectivity index (χ1n) is 5.41. The molecule has 0 spiro atoms. The number of fused-ring (bicyclic) bond motifs is 1. The van der Waals surface area contributed by atoms with Gasteiger partial charge in [0.25, 0.3) is 0 Å². The third kappa shape index (κ3) is 1.83. The van der Waals surface area contributed by atoms with E-state index in [4.69, 9.17) is 0 Å². The van der Waals surface area contributed by atoms with Crippen LogP contribution in [-0.2, 0) is 6.42 Å². The lowest BCUT2D eigenvalue weighted by molar-refractivity contribution is 0.112. The Balaban J connectivity index is 2.56. The molecule has 0 atom stereocenters. The van der Waals surface area contributed by atoms with Gasteiger partial charge in [-0.1, -0.05) is 13.8 Å². The molecule has 0 aliphatic carbocycles. The van der Waals surface area contributed by atoms with E-state index in [0.29, 0.717) is 11.5 Å². The highest BCUT2D eigenvalue weighted by atomic mass is 16.1. The maximum Gasteiger partial charge on any atom is 0.152 e. The minimum Gasteiger partial charge on any atom is -0.345 e. The number of aryl methyl sites for hydroxylation is 1. The fourth-order valence-corrected chi connectivity index (χ4v) is 1.85. The molecule has 0 bridgehead atoms. The van der Waals surface area contributed by atoms with Crippen molar-refractivity contribution in [3.63, 3.8) is 0 Å². The van der Waals surface area contributed by atoms with Crippen LogP contribution in [0.4, 0.5) is 0 Å². The smallest absolute Gasteiger partial charge is 0.152 e. The Kier molecular flexibility index (Phi) is 2.73. The van der Waals surface area contributed by atoms with Gasteiger partial charge >= 0.3 is 0 Å². The van der Waals surface area contributed by atoms with Gasteiger partial charge < -0.3 is 4.98 Å². The van der Waals surface area contributed by atoms with Crippen LogP contribution in [0.3, 0.4) is 0 Å². The van der Waals surface area contributed by atoms with E-state index < -0.39 is 0 Å². The molecule has 0 radical (unpaired) electrons. The number of aldehydes is 1. The van der Waals surface area contributed by atoms with Crippen molar-refractivity contribution in [3.05, 3.63) is 23.3 Å². The number of rotatable bonds is 3. The van der Waals surface area contributed by atoms with Crippen molar-refractivity contribution in [2.24, 2.45) is 5.92 Å². The van der Waals surface area contributed by atoms with Gasteiger partial charge in [0.05, 0.1) is 11.1 Å². The Morgan fingerprint density at radius 3 is 2.81 bits per heavy atom. The summed E-state index contributed by atoms with van der Waals surface area (Å²) in [5, 5.41) is 0.836. The van der Waals surface area contributed by atoms with E-state index in [0.717, 1.165) is 35.3 Å². The Bertz CT molecular complexity index is 528. The molecule has 2 heterocycles. The lowest BCUT2D eigenvalue weighted by Crippen LogP contribution is -2.02. The van der Waals surface area contributed by atoms with Gasteiger partial charge in [-0.15, -0.1) is 0 Å². The van der Waals surface area contributed by atoms with Crippen molar-refractivity contribution in [3.8, 4) is 0 Å². The van der Waals surface area contributed by atoms with Gasteiger partial charge in [0.1, 0.15) is 11.5 Å². The molecule has 0 fully saturated rings. The first-order chi connectivity index (χ1) is 7.61. The van der Waals surface area contributed by atoms with Crippen molar-refractivity contribution in [1.82, 2.24) is 15.0 Å². The van der Waals surface area contributed by atoms with Crippen LogP contribution in [0, 0.1) is 12.8 Å². The lowest BCUT2D eigenvalue weighted by atomic mass is 10.1. The molecule has 0 unspecified atom stereocenters. The van der Waals surface area contributed by atoms with Gasteiger partial charge in [0.15, 0.2) is 6.29 Å². The van der Waals surface area contributed by atoms with Gasteiger partial charge in [-0.2, -0.15) is 0 Å². The molecule has 0 aliphatic rings. The first-order valence-corrected chi connectivity index (χ1v) is 5.41. The predicted molar refractivity (Wildman–Crippen MR) is 62.6 cm³/mol. The standard InChI is InChI=1S/C12H15N3O/c1-7(2)4-10-14-8(3)11-9(6-16)5-13-12(11)15-10/h5-7H,4H2,1-3H3,(H,13,14,15). The summed E-state index contributed by atoms with van der Waals surface area (Å²) in [4.78, 5) is 22.7. The number of H-pyrrole nitrogens is 1. The molecule has 0 aliphatic heterocycles. The molecule has 0 amide bonds. The molecule has 1 N–H and O–H groups in total. The summed E-state index contributed by atoms with van der Waals surface area (Å²) in [7, 11) is 0. The summed E-state index contributed by atoms with van der Waals surface area (Å²) in [6, 6.07) is 0. The molecule has 4 nitrogen and oxygen atoms in total. The van der Waals surface area contributed by atoms with Gasteiger partial charge in [0.2, 0.25) is 0 Å². The van der Waals surface area contributed by atoms with Crippen molar-refractivity contribution in [1.29, 1.82) is 0 Å². The largest absolute Gasteiger partial charge is 0.345 e. The highest BCUT2D eigenvalue weighted by Gasteiger charge is 2.10. The van der Waals surface area contributed by atoms with Gasteiger partial charge in [-0.25, -0.2) is 9.97 Å². The number of nitrogens with one attached hydrogen (secondary N) is 1. The second kappa shape index (κ2) is 4.04. The van der Waals surface area contributed by atoms with Crippen LogP contribution in [0.25, 0.3) is 11.0 Å². The average Bonchev–Trinajstić information content (AvgIpc) is 2.59. The molecular weight excluding hydrogens is 202 g/mol. The van der Waals surface area contributed by atoms with Crippen molar-refractivity contribution >= 4 is 17.3 Å². The van der Waals surface area contributed by atoms with Crippen LogP contribution in [0.1, 0.15) is 35.7 Å². The Morgan fingerprint density at radius 1 is 1.44 bits per heavy atom. The fourth-order valence-electron chi connectivity index (χ4n) is 1.85. The maximum absolute atomic E-state index is 10.8. The average molecular weight is 217 g/mol. The molecule has 2 aromatic rings. The Morgan fingerprint density at radius 2 is 2.19 bits per heavy atom. The third-order valence-electron chi connectivity index (χ3n) is 2.51. The summed E-state index contributed by atoms with van der Waals surface area (Å²) in [5.74, 6) is 1.36. The molecule has 16 heavy (non-hydrogen) atoms. The normalized spacial score (nSPS) is 11.2. The van der Waals surface area contributed by atoms with Crippen LogP contribution in [0.15, 0.2) is 6.20 Å². The molecular formula is C12H15N3O. The number of carbonyl (C=O) groups is 1. The summed E-state index contributed by atoms with van der Waals surface area (Å²) >= 11 is 0. The number of hydrogen-bond donors (Lipinski definition) is 1. The molecule has 0 saturated heterocycles. The SMILES string of the molecule is Cc1nc(CC(C)C)nc2[nH]cc(C=O)c12. The summed E-state index contributed by atoms with van der Waals surface area (Å²) in [5.41, 5.74) is 2.25. The van der Waals surface area contributed by atoms with Gasteiger partial charge in [-0.3, -0.25) is 4.79 Å². The maximum atomic E-state index is 10.8. The Labute approximate surface area is 94.1 Å². The van der Waals surface area contributed by atoms with Crippen LogP contribution in [0.2, 0.25) is 0 Å². The van der Waals surface area contributed by atoms with E-state index >= 15 is 0 Å². The van der Waals surface area contributed by atoms with E-state index in [1.54, 1.807) is 6.20 Å². The quantitative estimate of drug-likeness (QED) is 0.802. The summed E-state index contributed by atoms with van der Waals surface area (Å²) < 4.78 is 0. The minimum absolute atomic E-state index is 0.525. The van der Waals surface area contributed by atoms with Crippen molar-refractivity contribution in [2.45, 2.75) is 27.2 Å². The van der Waals surface area contributed by atoms with Crippen LogP contribution < -0.4 is 0 Å². The predicted octanol–water partition coefficient (Wildman–Crippen LogP) is 2.28. The van der Waals surface area contributed by atoms with Crippen molar-refractivity contribution in [2.75, 3.05) is 0 Å². The monoisotopic (exact) mass is 217 g/mol. The van der Waals surface area contributed by atoms with Crippen LogP contribution >= 0.6 is 0 Å². The number of aromatic amines is 1. The number of nitrogens with zero attached hydrogens (tertiary/aromatic N) is 2. The number of aromatic nitrogens is 3. The zero-order chi connectivity index (χ0) is 11.7. The molecule has 2 aromatic heterocycles. The minimum atomic E-state index is 0.525. The zero-order valence-electron chi connectivity index (χ0n) is 9.74. The second-order valence-corrected chi connectivity index (χ2v) is 4.41. The molecule has 4 heteroatoms. The Hall–Kier alpha value is -1.71. The topological polar surface area (TPSA) is 58.6 Å². The lowest BCUT2D eigenvalue weighted by Gasteiger charge is -2.05. The molecule has 0 saturated carbocycles. The fraction of sp³-hybridized carbons (Fsp3) is 0.417. The van der Waals surface area contributed by atoms with Crippen molar-refractivity contribution < 1.29 is 4.79 Å². The van der Waals surface area contributed by atoms with E-state index in [2.05, 4.69) is 28.8 Å². The highest BCUT2D eigenvalue weighted by Crippen LogP contribution is 2.18. The van der Waals surface area contributed by atoms with Crippen LogP contribution in [0.5, 0.6) is 0 Å². The van der Waals surface area contributed by atoms with E-state index in [1.807, 2.05) is 6.92 Å². The molecule has 84 valence electrons. The molecule has 2 rings (SSSR count). The number of carbonyl (C=O) groups excluding carboxylic acids is 1. The third-order valence-corrected chi connectivity index (χ3v) is 2.51. The van der Waals surface area contributed by atoms with E-state index in [-0.39, 0.29) is 0 Å². The van der Waals surface area contributed by atoms with Crippen LogP contribution in [-0.4, -0.2) is 21.2 Å².